The van der Waals surface area contributed by atoms with Crippen LogP contribution in [0.3, 0.4) is 0 Å². The highest BCUT2D eigenvalue weighted by molar-refractivity contribution is 6.19. The number of pyridine rings is 1. The summed E-state index contributed by atoms with van der Waals surface area (Å²) in [5, 5.41) is 6.91. The van der Waals surface area contributed by atoms with Crippen LogP contribution < -0.4 is 0 Å². The lowest BCUT2D eigenvalue weighted by Crippen LogP contribution is -2.00. The van der Waals surface area contributed by atoms with Crippen molar-refractivity contribution in [2.75, 3.05) is 0 Å². The monoisotopic (exact) mass is 726 g/mol. The maximum Gasteiger partial charge on any atom is 0.164 e. The zero-order valence-electron chi connectivity index (χ0n) is 30.5. The van der Waals surface area contributed by atoms with Crippen molar-refractivity contribution >= 4 is 43.5 Å². The molecule has 0 unspecified atom stereocenters. The number of fused-ring (bicyclic) bond motifs is 7. The molecule has 1 aliphatic carbocycles. The summed E-state index contributed by atoms with van der Waals surface area (Å²) >= 11 is 0. The first-order chi connectivity index (χ1) is 28.3. The van der Waals surface area contributed by atoms with Gasteiger partial charge in [0, 0.05) is 45.4 Å². The van der Waals surface area contributed by atoms with Crippen molar-refractivity contribution in [2.45, 2.75) is 0 Å². The molecule has 3 aromatic heterocycles. The standard InChI is InChI=1S/C52H30N4O/c1-2-10-32(11-3-1)50-54-51(33-24-22-31(23-25-33)34-26-27-42-45-30-53-29-28-38(45)40-17-8-16-39(34)48(40)42)56-52(55-50)43-19-7-13-35-36(14-6-15-37(35)43)41-18-9-21-47-49(41)44-12-4-5-20-46(44)57-47/h1-30H. The van der Waals surface area contributed by atoms with Crippen molar-refractivity contribution in [1.29, 1.82) is 0 Å². The first kappa shape index (κ1) is 31.6. The molecule has 0 fully saturated rings. The molecule has 11 aromatic rings. The number of hydrogen-bond acceptors (Lipinski definition) is 5. The van der Waals surface area contributed by atoms with Crippen LogP contribution in [0.1, 0.15) is 0 Å². The number of nitrogens with zero attached hydrogens (tertiary/aromatic N) is 4. The molecule has 3 heterocycles. The Labute approximate surface area is 327 Å². The lowest BCUT2D eigenvalue weighted by atomic mass is 9.93. The summed E-state index contributed by atoms with van der Waals surface area (Å²) in [6.07, 6.45) is 3.85. The van der Waals surface area contributed by atoms with Crippen LogP contribution >= 0.6 is 0 Å². The number of furan rings is 1. The first-order valence-corrected chi connectivity index (χ1v) is 19.1. The SMILES string of the molecule is c1ccc(-c2nc(-c3ccc(-c4ccc5c6c(cccc46)-c4ccncc4-5)cc3)nc(-c3cccc4c(-c5cccc6oc7ccccc7c56)cccc34)n2)cc1. The Bertz CT molecular complexity index is 3380. The highest BCUT2D eigenvalue weighted by atomic mass is 16.3. The average molecular weight is 727 g/mol. The van der Waals surface area contributed by atoms with E-state index in [0.29, 0.717) is 17.5 Å². The van der Waals surface area contributed by atoms with E-state index in [0.717, 1.165) is 66.1 Å². The third-order valence-electron chi connectivity index (χ3n) is 11.4. The van der Waals surface area contributed by atoms with Crippen molar-refractivity contribution in [3.8, 4) is 78.7 Å². The number of hydrogen-bond donors (Lipinski definition) is 0. The molecular weight excluding hydrogens is 697 g/mol. The van der Waals surface area contributed by atoms with E-state index >= 15 is 0 Å². The molecule has 0 amide bonds. The minimum Gasteiger partial charge on any atom is -0.456 e. The van der Waals surface area contributed by atoms with E-state index in [9.17, 15) is 0 Å². The van der Waals surface area contributed by atoms with Gasteiger partial charge in [-0.2, -0.15) is 0 Å². The molecule has 8 aromatic carbocycles. The first-order valence-electron chi connectivity index (χ1n) is 19.1. The molecule has 0 spiro atoms. The Hall–Kier alpha value is -7.76. The fraction of sp³-hybridized carbons (Fsp3) is 0. The minimum atomic E-state index is 0.622. The van der Waals surface area contributed by atoms with E-state index in [1.165, 1.54) is 38.6 Å². The average Bonchev–Trinajstić information content (AvgIpc) is 3.83. The summed E-state index contributed by atoms with van der Waals surface area (Å²) in [7, 11) is 0. The summed E-state index contributed by atoms with van der Waals surface area (Å²) in [5.41, 5.74) is 14.1. The maximum absolute atomic E-state index is 6.28. The molecule has 0 bridgehead atoms. The van der Waals surface area contributed by atoms with E-state index in [-0.39, 0.29) is 0 Å². The van der Waals surface area contributed by atoms with Crippen molar-refractivity contribution in [2.24, 2.45) is 0 Å². The zero-order chi connectivity index (χ0) is 37.5. The predicted octanol–water partition coefficient (Wildman–Crippen LogP) is 13.5. The Balaban J connectivity index is 0.993. The largest absolute Gasteiger partial charge is 0.456 e. The molecule has 1 aliphatic rings. The van der Waals surface area contributed by atoms with Gasteiger partial charge in [0.15, 0.2) is 17.5 Å². The van der Waals surface area contributed by atoms with Crippen molar-refractivity contribution in [3.63, 3.8) is 0 Å². The molecule has 12 rings (SSSR count). The second-order valence-electron chi connectivity index (χ2n) is 14.5. The van der Waals surface area contributed by atoms with Crippen LogP contribution in [0.25, 0.3) is 122 Å². The number of benzene rings is 8. The Morgan fingerprint density at radius 1 is 0.298 bits per heavy atom. The number of para-hydroxylation sites is 1. The molecule has 0 aliphatic heterocycles. The van der Waals surface area contributed by atoms with Crippen LogP contribution in [0.4, 0.5) is 0 Å². The normalized spacial score (nSPS) is 11.9. The van der Waals surface area contributed by atoms with E-state index in [4.69, 9.17) is 19.4 Å². The molecule has 5 heteroatoms. The van der Waals surface area contributed by atoms with Gasteiger partial charge in [-0.3, -0.25) is 4.98 Å². The summed E-state index contributed by atoms with van der Waals surface area (Å²) < 4.78 is 6.28. The molecule has 0 radical (unpaired) electrons. The summed E-state index contributed by atoms with van der Waals surface area (Å²) in [6.45, 7) is 0. The van der Waals surface area contributed by atoms with Crippen LogP contribution in [-0.4, -0.2) is 19.9 Å². The Kier molecular flexibility index (Phi) is 6.86. The molecule has 0 atom stereocenters. The molecule has 0 saturated carbocycles. The minimum absolute atomic E-state index is 0.622. The van der Waals surface area contributed by atoms with Gasteiger partial charge in [0.2, 0.25) is 0 Å². The van der Waals surface area contributed by atoms with Gasteiger partial charge in [0.25, 0.3) is 0 Å². The van der Waals surface area contributed by atoms with Gasteiger partial charge < -0.3 is 4.42 Å². The van der Waals surface area contributed by atoms with E-state index in [2.05, 4.69) is 126 Å². The number of rotatable bonds is 5. The highest BCUT2D eigenvalue weighted by Gasteiger charge is 2.23. The summed E-state index contributed by atoms with van der Waals surface area (Å²) in [4.78, 5) is 19.8. The maximum atomic E-state index is 6.28. The Morgan fingerprint density at radius 2 is 0.860 bits per heavy atom. The van der Waals surface area contributed by atoms with E-state index in [1.54, 1.807) is 0 Å². The fourth-order valence-corrected chi connectivity index (χ4v) is 8.83. The second kappa shape index (κ2) is 12.4. The smallest absolute Gasteiger partial charge is 0.164 e. The van der Waals surface area contributed by atoms with Crippen LogP contribution in [0, 0.1) is 0 Å². The molecule has 57 heavy (non-hydrogen) atoms. The molecule has 0 N–H and O–H groups in total. The van der Waals surface area contributed by atoms with Crippen LogP contribution in [0.5, 0.6) is 0 Å². The van der Waals surface area contributed by atoms with Crippen LogP contribution in [-0.2, 0) is 0 Å². The zero-order valence-corrected chi connectivity index (χ0v) is 30.5. The quantitative estimate of drug-likeness (QED) is 0.177. The third-order valence-corrected chi connectivity index (χ3v) is 11.4. The van der Waals surface area contributed by atoms with Gasteiger partial charge in [-0.25, -0.2) is 15.0 Å². The second-order valence-corrected chi connectivity index (χ2v) is 14.5. The van der Waals surface area contributed by atoms with Crippen LogP contribution in [0.2, 0.25) is 0 Å². The summed E-state index contributed by atoms with van der Waals surface area (Å²) in [5.74, 6) is 1.87. The van der Waals surface area contributed by atoms with E-state index < -0.39 is 0 Å². The van der Waals surface area contributed by atoms with E-state index in [1.807, 2.05) is 60.9 Å². The van der Waals surface area contributed by atoms with Gasteiger partial charge in [-0.05, 0) is 78.7 Å². The van der Waals surface area contributed by atoms with Crippen LogP contribution in [0.15, 0.2) is 187 Å². The topological polar surface area (TPSA) is 64.7 Å². The molecular formula is C52H30N4O. The van der Waals surface area contributed by atoms with Gasteiger partial charge >= 0.3 is 0 Å². The summed E-state index contributed by atoms with van der Waals surface area (Å²) in [6, 6.07) is 59.4. The Morgan fingerprint density at radius 3 is 1.68 bits per heavy atom. The molecule has 5 nitrogen and oxygen atoms in total. The van der Waals surface area contributed by atoms with Gasteiger partial charge in [0.05, 0.1) is 0 Å². The van der Waals surface area contributed by atoms with Gasteiger partial charge in [0.1, 0.15) is 11.2 Å². The van der Waals surface area contributed by atoms with Crippen molar-refractivity contribution < 1.29 is 4.42 Å². The van der Waals surface area contributed by atoms with Gasteiger partial charge in [-0.15, -0.1) is 0 Å². The number of aromatic nitrogens is 4. The third kappa shape index (κ3) is 4.89. The highest BCUT2D eigenvalue weighted by Crippen LogP contribution is 2.49. The van der Waals surface area contributed by atoms with Crippen molar-refractivity contribution in [3.05, 3.63) is 182 Å². The van der Waals surface area contributed by atoms with Crippen molar-refractivity contribution in [1.82, 2.24) is 19.9 Å². The molecule has 0 saturated heterocycles. The van der Waals surface area contributed by atoms with Gasteiger partial charge in [-0.1, -0.05) is 152 Å². The lowest BCUT2D eigenvalue weighted by Gasteiger charge is -2.13. The predicted molar refractivity (Wildman–Crippen MR) is 232 cm³/mol. The fourth-order valence-electron chi connectivity index (χ4n) is 8.83. The lowest BCUT2D eigenvalue weighted by molar-refractivity contribution is 0.669. The molecule has 264 valence electrons.